The maximum absolute atomic E-state index is 12.5. The fraction of sp³-hybridized carbons (Fsp3) is 0.111. The number of nitrogens with one attached hydrogen (secondary N) is 1. The SMILES string of the molecule is CS(=O)(=O)O.Fc1ccc2[nH]ccc2c1. The van der Waals surface area contributed by atoms with Crippen LogP contribution < -0.4 is 0 Å². The Morgan fingerprint density at radius 1 is 1.33 bits per heavy atom. The van der Waals surface area contributed by atoms with Gasteiger partial charge in [-0.1, -0.05) is 0 Å². The molecule has 1 aromatic heterocycles. The number of hydrogen-bond donors (Lipinski definition) is 2. The molecule has 0 unspecified atom stereocenters. The Kier molecular flexibility index (Phi) is 3.43. The molecule has 1 aromatic carbocycles. The van der Waals surface area contributed by atoms with Crippen molar-refractivity contribution >= 4 is 21.0 Å². The predicted octanol–water partition coefficient (Wildman–Crippen LogP) is 1.81. The van der Waals surface area contributed by atoms with Gasteiger partial charge in [-0.05, 0) is 24.3 Å². The zero-order chi connectivity index (χ0) is 11.5. The molecule has 15 heavy (non-hydrogen) atoms. The first-order chi connectivity index (χ1) is 6.86. The standard InChI is InChI=1S/C8H6FN.CH4O3S/c9-7-1-2-8-6(5-7)3-4-10-8;1-5(2,3)4/h1-5,10H;1H3,(H,2,3,4). The van der Waals surface area contributed by atoms with E-state index >= 15 is 0 Å². The van der Waals surface area contributed by atoms with Crippen LogP contribution in [0.5, 0.6) is 0 Å². The molecule has 0 aliphatic heterocycles. The number of halogens is 1. The van der Waals surface area contributed by atoms with Gasteiger partial charge in [0.05, 0.1) is 6.26 Å². The van der Waals surface area contributed by atoms with Gasteiger partial charge in [-0.2, -0.15) is 8.42 Å². The molecule has 0 atom stereocenters. The third-order valence-electron chi connectivity index (χ3n) is 1.52. The van der Waals surface area contributed by atoms with Crippen LogP contribution in [0, 0.1) is 5.82 Å². The summed E-state index contributed by atoms with van der Waals surface area (Å²) in [4.78, 5) is 2.98. The number of hydrogen-bond acceptors (Lipinski definition) is 2. The van der Waals surface area contributed by atoms with E-state index in [4.69, 9.17) is 4.55 Å². The van der Waals surface area contributed by atoms with Crippen molar-refractivity contribution in [3.8, 4) is 0 Å². The van der Waals surface area contributed by atoms with E-state index in [2.05, 4.69) is 4.98 Å². The molecule has 4 nitrogen and oxygen atoms in total. The number of aromatic nitrogens is 1. The Morgan fingerprint density at radius 2 is 1.93 bits per heavy atom. The maximum Gasteiger partial charge on any atom is 0.261 e. The topological polar surface area (TPSA) is 70.2 Å². The second-order valence-electron chi connectivity index (χ2n) is 2.94. The molecule has 0 bridgehead atoms. The summed E-state index contributed by atoms with van der Waals surface area (Å²) in [6.07, 6.45) is 2.51. The van der Waals surface area contributed by atoms with Gasteiger partial charge >= 0.3 is 0 Å². The summed E-state index contributed by atoms with van der Waals surface area (Å²) in [5.41, 5.74) is 0.974. The molecule has 1 heterocycles. The van der Waals surface area contributed by atoms with Crippen LogP contribution >= 0.6 is 0 Å². The van der Waals surface area contributed by atoms with Gasteiger partial charge < -0.3 is 4.98 Å². The van der Waals surface area contributed by atoms with Crippen LogP contribution in [0.15, 0.2) is 30.5 Å². The highest BCUT2D eigenvalue weighted by Crippen LogP contribution is 2.12. The highest BCUT2D eigenvalue weighted by Gasteiger charge is 1.93. The second-order valence-corrected chi connectivity index (χ2v) is 4.41. The van der Waals surface area contributed by atoms with Gasteiger partial charge in [-0.15, -0.1) is 0 Å². The predicted molar refractivity (Wildman–Crippen MR) is 55.7 cm³/mol. The Balaban J connectivity index is 0.000000195. The molecule has 0 aliphatic carbocycles. The van der Waals surface area contributed by atoms with Crippen molar-refractivity contribution in [1.29, 1.82) is 0 Å². The summed E-state index contributed by atoms with van der Waals surface area (Å²) in [6.45, 7) is 0. The van der Waals surface area contributed by atoms with Crippen LogP contribution in [-0.4, -0.2) is 24.2 Å². The molecule has 0 saturated carbocycles. The summed E-state index contributed by atoms with van der Waals surface area (Å²) in [5, 5.41) is 0.917. The van der Waals surface area contributed by atoms with Crippen molar-refractivity contribution in [2.45, 2.75) is 0 Å². The van der Waals surface area contributed by atoms with E-state index in [0.717, 1.165) is 10.9 Å². The minimum atomic E-state index is -3.67. The highest BCUT2D eigenvalue weighted by molar-refractivity contribution is 7.85. The van der Waals surface area contributed by atoms with Gasteiger partial charge in [0.2, 0.25) is 0 Å². The number of benzene rings is 1. The van der Waals surface area contributed by atoms with Gasteiger partial charge in [0.15, 0.2) is 0 Å². The lowest BCUT2D eigenvalue weighted by Crippen LogP contribution is -1.88. The van der Waals surface area contributed by atoms with Crippen molar-refractivity contribution in [1.82, 2.24) is 4.98 Å². The van der Waals surface area contributed by atoms with Crippen LogP contribution in [0.4, 0.5) is 4.39 Å². The zero-order valence-corrected chi connectivity index (χ0v) is 8.75. The molecule has 6 heteroatoms. The molecule has 0 fully saturated rings. The number of fused-ring (bicyclic) bond motifs is 1. The Morgan fingerprint density at radius 3 is 2.53 bits per heavy atom. The zero-order valence-electron chi connectivity index (χ0n) is 7.94. The average molecular weight is 231 g/mol. The lowest BCUT2D eigenvalue weighted by atomic mass is 10.2. The van der Waals surface area contributed by atoms with Crippen LogP contribution in [0.1, 0.15) is 0 Å². The molecule has 82 valence electrons. The van der Waals surface area contributed by atoms with E-state index < -0.39 is 10.1 Å². The molecular weight excluding hydrogens is 221 g/mol. The fourth-order valence-electron chi connectivity index (χ4n) is 1.02. The Labute approximate surface area is 86.5 Å². The van der Waals surface area contributed by atoms with Gasteiger partial charge in [0, 0.05) is 17.1 Å². The smallest absolute Gasteiger partial charge is 0.261 e. The monoisotopic (exact) mass is 231 g/mol. The average Bonchev–Trinajstić information content (AvgIpc) is 2.47. The molecule has 2 aromatic rings. The van der Waals surface area contributed by atoms with Gasteiger partial charge in [-0.25, -0.2) is 4.39 Å². The Hall–Kier alpha value is -1.40. The van der Waals surface area contributed by atoms with E-state index in [1.165, 1.54) is 12.1 Å². The number of rotatable bonds is 0. The summed E-state index contributed by atoms with van der Waals surface area (Å²) >= 11 is 0. The van der Waals surface area contributed by atoms with Crippen LogP contribution in [-0.2, 0) is 10.1 Å². The van der Waals surface area contributed by atoms with Crippen LogP contribution in [0.2, 0.25) is 0 Å². The molecule has 0 radical (unpaired) electrons. The first-order valence-electron chi connectivity index (χ1n) is 4.01. The highest BCUT2D eigenvalue weighted by atomic mass is 32.2. The molecule has 2 N–H and O–H groups in total. The summed E-state index contributed by atoms with van der Waals surface area (Å²) in [6, 6.07) is 6.52. The van der Waals surface area contributed by atoms with Gasteiger partial charge in [-0.3, -0.25) is 4.55 Å². The van der Waals surface area contributed by atoms with Crippen molar-refractivity contribution in [3.63, 3.8) is 0 Å². The van der Waals surface area contributed by atoms with Gasteiger partial charge in [0.1, 0.15) is 5.82 Å². The van der Waals surface area contributed by atoms with Crippen molar-refractivity contribution in [2.75, 3.05) is 6.26 Å². The van der Waals surface area contributed by atoms with E-state index in [0.29, 0.717) is 6.26 Å². The summed E-state index contributed by atoms with van der Waals surface area (Å²) < 4.78 is 38.4. The third-order valence-corrected chi connectivity index (χ3v) is 1.52. The van der Waals surface area contributed by atoms with E-state index in [9.17, 15) is 12.8 Å². The van der Waals surface area contributed by atoms with E-state index in [-0.39, 0.29) is 5.82 Å². The molecular formula is C9H10FNO3S. The second kappa shape index (κ2) is 4.41. The molecule has 0 spiro atoms. The molecule has 0 saturated heterocycles. The van der Waals surface area contributed by atoms with Crippen LogP contribution in [0.25, 0.3) is 10.9 Å². The van der Waals surface area contributed by atoms with E-state index in [1.54, 1.807) is 12.3 Å². The molecule has 0 aliphatic rings. The van der Waals surface area contributed by atoms with E-state index in [1.807, 2.05) is 6.07 Å². The van der Waals surface area contributed by atoms with Crippen molar-refractivity contribution in [3.05, 3.63) is 36.3 Å². The molecule has 2 rings (SSSR count). The normalized spacial score (nSPS) is 10.9. The number of H-pyrrole nitrogens is 1. The lowest BCUT2D eigenvalue weighted by molar-refractivity contribution is 0.490. The first-order valence-corrected chi connectivity index (χ1v) is 5.86. The van der Waals surface area contributed by atoms with Crippen molar-refractivity contribution in [2.24, 2.45) is 0 Å². The molecule has 0 amide bonds. The first kappa shape index (κ1) is 11.7. The van der Waals surface area contributed by atoms with Gasteiger partial charge in [0.25, 0.3) is 10.1 Å². The summed E-state index contributed by atoms with van der Waals surface area (Å²) in [5.74, 6) is -0.188. The quantitative estimate of drug-likeness (QED) is 0.679. The van der Waals surface area contributed by atoms with Crippen molar-refractivity contribution < 1.29 is 17.4 Å². The van der Waals surface area contributed by atoms with Crippen LogP contribution in [0.3, 0.4) is 0 Å². The fourth-order valence-corrected chi connectivity index (χ4v) is 1.02. The summed E-state index contributed by atoms with van der Waals surface area (Å²) in [7, 11) is -3.67. The Bertz CT molecular complexity index is 539. The largest absolute Gasteiger partial charge is 0.361 e. The third kappa shape index (κ3) is 4.57. The lowest BCUT2D eigenvalue weighted by Gasteiger charge is -1.87. The minimum absolute atomic E-state index is 0.188. The minimum Gasteiger partial charge on any atom is -0.361 e. The maximum atomic E-state index is 12.5. The number of aromatic amines is 1.